The maximum absolute atomic E-state index is 14.2. The number of nitrogens with one attached hydrogen (secondary N) is 1. The highest BCUT2D eigenvalue weighted by Gasteiger charge is 2.27. The number of benzene rings is 1. The van der Waals surface area contributed by atoms with Crippen molar-refractivity contribution in [2.45, 2.75) is 53.9 Å². The summed E-state index contributed by atoms with van der Waals surface area (Å²) >= 11 is 0. The van der Waals surface area contributed by atoms with E-state index in [0.29, 0.717) is 40.4 Å². The molecule has 1 amide bonds. The molecule has 0 heterocycles. The van der Waals surface area contributed by atoms with E-state index < -0.39 is 5.92 Å². The first-order valence-corrected chi connectivity index (χ1v) is 12.0. The Balaban J connectivity index is 3.61. The lowest BCUT2D eigenvalue weighted by atomic mass is 9.92. The lowest BCUT2D eigenvalue weighted by Gasteiger charge is -2.25. The van der Waals surface area contributed by atoms with Crippen LogP contribution in [0.25, 0.3) is 0 Å². The zero-order valence-corrected chi connectivity index (χ0v) is 23.1. The second-order valence-corrected chi connectivity index (χ2v) is 10.2. The van der Waals surface area contributed by atoms with Gasteiger partial charge in [0.05, 0.1) is 11.3 Å². The third-order valence-corrected chi connectivity index (χ3v) is 5.48. The summed E-state index contributed by atoms with van der Waals surface area (Å²) in [5.74, 6) is -3.26. The number of hydrogen-bond acceptors (Lipinski definition) is 3. The highest BCUT2D eigenvalue weighted by molar-refractivity contribution is 6.13. The Labute approximate surface area is 215 Å². The molecule has 196 valence electrons. The van der Waals surface area contributed by atoms with Crippen LogP contribution in [0.15, 0.2) is 83.6 Å². The van der Waals surface area contributed by atoms with E-state index in [9.17, 15) is 13.6 Å². The van der Waals surface area contributed by atoms with Crippen LogP contribution in [0.2, 0.25) is 0 Å². The number of hydrogen-bond donors (Lipinski definition) is 1. The molecule has 0 spiro atoms. The normalized spacial score (nSPS) is 13.3. The Bertz CT molecular complexity index is 1100. The fourth-order valence-corrected chi connectivity index (χ4v) is 3.32. The quantitative estimate of drug-likeness (QED) is 0.194. The summed E-state index contributed by atoms with van der Waals surface area (Å²) in [4.78, 5) is 19.3. The molecule has 0 unspecified atom stereocenters. The molecule has 0 bridgehead atoms. The number of allylic oxidation sites excluding steroid dienone is 3. The predicted octanol–water partition coefficient (Wildman–Crippen LogP) is 7.67. The van der Waals surface area contributed by atoms with Gasteiger partial charge >= 0.3 is 0 Å². The highest BCUT2D eigenvalue weighted by Crippen LogP contribution is 2.32. The van der Waals surface area contributed by atoms with Crippen molar-refractivity contribution in [1.29, 1.82) is 0 Å². The van der Waals surface area contributed by atoms with Crippen molar-refractivity contribution < 1.29 is 13.6 Å². The van der Waals surface area contributed by atoms with Gasteiger partial charge < -0.3 is 10.2 Å². The topological polar surface area (TPSA) is 44.7 Å². The zero-order chi connectivity index (χ0) is 27.8. The molecule has 1 rings (SSSR count). The van der Waals surface area contributed by atoms with Crippen LogP contribution < -0.4 is 5.32 Å². The molecule has 0 atom stereocenters. The van der Waals surface area contributed by atoms with Crippen molar-refractivity contribution in [3.63, 3.8) is 0 Å². The van der Waals surface area contributed by atoms with Crippen molar-refractivity contribution in [3.05, 3.63) is 89.7 Å². The van der Waals surface area contributed by atoms with Gasteiger partial charge in [-0.2, -0.15) is 0 Å². The van der Waals surface area contributed by atoms with Gasteiger partial charge in [-0.3, -0.25) is 9.79 Å². The zero-order valence-electron chi connectivity index (χ0n) is 23.1. The van der Waals surface area contributed by atoms with Gasteiger partial charge in [-0.25, -0.2) is 8.78 Å². The van der Waals surface area contributed by atoms with Gasteiger partial charge in [0.15, 0.2) is 0 Å². The molecule has 0 radical (unpaired) electrons. The minimum atomic E-state index is -3.02. The lowest BCUT2D eigenvalue weighted by Crippen LogP contribution is -2.31. The van der Waals surface area contributed by atoms with E-state index >= 15 is 0 Å². The van der Waals surface area contributed by atoms with Crippen LogP contribution in [-0.2, 0) is 10.7 Å². The van der Waals surface area contributed by atoms with Gasteiger partial charge in [-0.15, -0.1) is 0 Å². The van der Waals surface area contributed by atoms with E-state index in [1.54, 1.807) is 31.1 Å². The van der Waals surface area contributed by atoms with Crippen LogP contribution >= 0.6 is 0 Å². The fraction of sp³-hybridized carbons (Fsp3) is 0.400. The minimum absolute atomic E-state index is 0.124. The Morgan fingerprint density at radius 3 is 2.28 bits per heavy atom. The fourth-order valence-electron chi connectivity index (χ4n) is 3.32. The number of carbonyl (C=O) groups excluding carboxylic acids is 1. The van der Waals surface area contributed by atoms with Crippen LogP contribution in [0.4, 0.5) is 14.5 Å². The van der Waals surface area contributed by atoms with Gasteiger partial charge in [0.25, 0.3) is 11.8 Å². The first-order valence-electron chi connectivity index (χ1n) is 12.0. The number of nitrogens with zero attached hydrogens (tertiary/aromatic N) is 2. The summed E-state index contributed by atoms with van der Waals surface area (Å²) in [5, 5.41) is 3.21. The molecule has 36 heavy (non-hydrogen) atoms. The molecule has 0 saturated heterocycles. The van der Waals surface area contributed by atoms with E-state index in [0.717, 1.165) is 18.9 Å². The van der Waals surface area contributed by atoms with Gasteiger partial charge in [0.2, 0.25) is 0 Å². The minimum Gasteiger partial charge on any atom is -0.355 e. The van der Waals surface area contributed by atoms with Crippen LogP contribution in [0.5, 0.6) is 0 Å². The monoisotopic (exact) mass is 497 g/mol. The maximum atomic E-state index is 14.2. The third kappa shape index (κ3) is 9.06. The van der Waals surface area contributed by atoms with Gasteiger partial charge in [-0.1, -0.05) is 71.2 Å². The number of anilines is 1. The largest absolute Gasteiger partial charge is 0.355 e. The van der Waals surface area contributed by atoms with Crippen LogP contribution in [-0.4, -0.2) is 37.2 Å². The first kappa shape index (κ1) is 30.8. The number of halogens is 2. The van der Waals surface area contributed by atoms with Gasteiger partial charge in [0.1, 0.15) is 0 Å². The molecule has 4 nitrogen and oxygen atoms in total. The van der Waals surface area contributed by atoms with Crippen molar-refractivity contribution in [3.8, 4) is 0 Å². The van der Waals surface area contributed by atoms with Crippen molar-refractivity contribution >= 4 is 17.3 Å². The maximum Gasteiger partial charge on any atom is 0.270 e. The Morgan fingerprint density at radius 1 is 1.19 bits per heavy atom. The van der Waals surface area contributed by atoms with E-state index in [-0.39, 0.29) is 16.9 Å². The van der Waals surface area contributed by atoms with Crippen LogP contribution in [0.1, 0.15) is 59.1 Å². The smallest absolute Gasteiger partial charge is 0.270 e. The summed E-state index contributed by atoms with van der Waals surface area (Å²) in [6.45, 7) is 22.9. The lowest BCUT2D eigenvalue weighted by molar-refractivity contribution is -0.125. The van der Waals surface area contributed by atoms with Crippen molar-refractivity contribution in [1.82, 2.24) is 4.90 Å². The van der Waals surface area contributed by atoms with E-state index in [2.05, 4.69) is 30.0 Å². The Kier molecular flexibility index (Phi) is 10.8. The summed E-state index contributed by atoms with van der Waals surface area (Å²) in [6.07, 6.45) is 6.14. The number of likely N-dealkylation sites (N-methyl/N-ethyl adjacent to an activating group) is 1. The molecule has 0 aromatic heterocycles. The second kappa shape index (κ2) is 12.6. The molecule has 0 aliphatic heterocycles. The summed E-state index contributed by atoms with van der Waals surface area (Å²) < 4.78 is 28.4. The van der Waals surface area contributed by atoms with Crippen molar-refractivity contribution in [2.75, 3.05) is 26.0 Å². The molecule has 0 saturated carbocycles. The predicted molar refractivity (Wildman–Crippen MR) is 150 cm³/mol. The Morgan fingerprint density at radius 2 is 1.81 bits per heavy atom. The molecule has 6 heteroatoms. The molecular formula is C30H41F2N3O. The first-order chi connectivity index (χ1) is 16.5. The average Bonchev–Trinajstić information content (AvgIpc) is 2.79. The van der Waals surface area contributed by atoms with E-state index in [4.69, 9.17) is 0 Å². The number of alkyl halides is 2. The number of aliphatic imine (C=N–C) groups is 1. The molecule has 0 aliphatic carbocycles. The summed E-state index contributed by atoms with van der Waals surface area (Å²) in [6, 6.07) is 4.39. The summed E-state index contributed by atoms with van der Waals surface area (Å²) in [7, 11) is 3.31. The van der Waals surface area contributed by atoms with Crippen LogP contribution in [0.3, 0.4) is 0 Å². The summed E-state index contributed by atoms with van der Waals surface area (Å²) in [5.41, 5.74) is 3.65. The number of rotatable bonds is 11. The molecule has 1 aromatic rings. The third-order valence-electron chi connectivity index (χ3n) is 5.48. The van der Waals surface area contributed by atoms with Crippen molar-refractivity contribution in [2.24, 2.45) is 10.4 Å². The molecule has 0 aliphatic rings. The standard InChI is InChI=1S/C30H41F2N3O/c1-12-20(3)16-27(33-10)24-17-23(30(9,31)32)14-15-26(24)34-22(5)25(18-29(6,7)8)28(36)35(11)19-21(4)13-2/h13-18,34H,2,4-5,12,19H2,1,3,6-11H3/b20-16+,25-18-,33-27?. The van der Waals surface area contributed by atoms with Crippen LogP contribution in [0, 0.1) is 5.41 Å². The second-order valence-electron chi connectivity index (χ2n) is 10.2. The van der Waals surface area contributed by atoms with E-state index in [1.807, 2.05) is 46.8 Å². The molecular weight excluding hydrogens is 456 g/mol. The van der Waals surface area contributed by atoms with Gasteiger partial charge in [0, 0.05) is 50.1 Å². The molecule has 0 fully saturated rings. The number of carbonyl (C=O) groups is 1. The van der Waals surface area contributed by atoms with E-state index in [1.165, 1.54) is 12.1 Å². The highest BCUT2D eigenvalue weighted by atomic mass is 19.3. The SMILES string of the molecule is C=CC(=C)CN(C)C(=O)/C(=C\C(C)(C)C)C(=C)Nc1ccc(C(C)(F)F)cc1C(/C=C(\C)CC)=NC. The molecule has 1 aromatic carbocycles. The van der Waals surface area contributed by atoms with Gasteiger partial charge in [-0.05, 0) is 42.5 Å². The Hall–Kier alpha value is -3.28. The number of amides is 1. The molecule has 1 N–H and O–H groups in total. The average molecular weight is 498 g/mol.